The van der Waals surface area contributed by atoms with E-state index < -0.39 is 5.82 Å². The van der Waals surface area contributed by atoms with Crippen molar-refractivity contribution in [3.8, 4) is 46.5 Å². The maximum atomic E-state index is 15.4. The summed E-state index contributed by atoms with van der Waals surface area (Å²) in [6, 6.07) is 8.55. The third-order valence-electron chi connectivity index (χ3n) is 6.13. The van der Waals surface area contributed by atoms with E-state index in [0.29, 0.717) is 11.3 Å². The molecule has 0 radical (unpaired) electrons. The smallest absolute Gasteiger partial charge is 0.322 e. The number of fused-ring (bicyclic) bond motifs is 1. The average Bonchev–Trinajstić information content (AvgIpc) is 3.13. The Morgan fingerprint density at radius 1 is 0.946 bits per heavy atom. The summed E-state index contributed by atoms with van der Waals surface area (Å²) in [4.78, 5) is 21.8. The van der Waals surface area contributed by atoms with Crippen LogP contribution in [0.15, 0.2) is 42.9 Å². The Bertz CT molecular complexity index is 1680. The van der Waals surface area contributed by atoms with Gasteiger partial charge in [-0.05, 0) is 63.1 Å². The van der Waals surface area contributed by atoms with E-state index in [1.165, 1.54) is 12.4 Å². The number of aromatic nitrogens is 6. The molecule has 0 N–H and O–H groups in total. The number of ether oxygens (including phenoxy) is 1. The zero-order valence-electron chi connectivity index (χ0n) is 20.6. The van der Waals surface area contributed by atoms with Crippen LogP contribution < -0.4 is 4.74 Å². The van der Waals surface area contributed by atoms with Crippen LogP contribution in [0, 0.1) is 45.9 Å². The van der Waals surface area contributed by atoms with Crippen LogP contribution in [0.5, 0.6) is 11.8 Å². The molecule has 0 aliphatic rings. The second-order valence-electron chi connectivity index (χ2n) is 8.60. The van der Waals surface area contributed by atoms with Gasteiger partial charge in [0.15, 0.2) is 11.6 Å². The van der Waals surface area contributed by atoms with Crippen LogP contribution in [0.1, 0.15) is 35.8 Å². The minimum Gasteiger partial charge on any atom is -0.421 e. The number of halogens is 1. The summed E-state index contributed by atoms with van der Waals surface area (Å²) >= 11 is 0. The predicted molar refractivity (Wildman–Crippen MR) is 143 cm³/mol. The molecule has 37 heavy (non-hydrogen) atoms. The molecular formula is C29H27FN6O. The van der Waals surface area contributed by atoms with Crippen LogP contribution in [-0.2, 0) is 7.05 Å². The molecule has 0 amide bonds. The van der Waals surface area contributed by atoms with E-state index in [0.717, 1.165) is 50.5 Å². The molecule has 4 aromatic heterocycles. The fourth-order valence-electron chi connectivity index (χ4n) is 4.55. The van der Waals surface area contributed by atoms with Crippen LogP contribution in [0.2, 0.25) is 0 Å². The summed E-state index contributed by atoms with van der Waals surface area (Å²) in [5, 5.41) is 0.838. The van der Waals surface area contributed by atoms with Gasteiger partial charge in [0.05, 0.1) is 11.4 Å². The average molecular weight is 495 g/mol. The third-order valence-corrected chi connectivity index (χ3v) is 6.13. The van der Waals surface area contributed by atoms with E-state index in [-0.39, 0.29) is 19.2 Å². The van der Waals surface area contributed by atoms with E-state index in [1.54, 1.807) is 18.3 Å². The Morgan fingerprint density at radius 3 is 2.41 bits per heavy atom. The van der Waals surface area contributed by atoms with E-state index in [9.17, 15) is 0 Å². The van der Waals surface area contributed by atoms with Gasteiger partial charge < -0.3 is 9.30 Å². The standard InChI is InChI=1S/C28H23FN6O.CH4/c1-7-20-12-15(2)23(18(5)34-20)26-25(24-17(4)31-14-32-27(24)35(26)6)19-8-9-22(21(29)13-19)36-28-30-11-10-16(3)33-28;/h1,8-14H,2-6H3;1H4. The molecule has 0 aliphatic carbocycles. The Balaban J connectivity index is 0.00000320. The largest absolute Gasteiger partial charge is 0.421 e. The van der Waals surface area contributed by atoms with Crippen molar-refractivity contribution in [3.05, 3.63) is 77.0 Å². The van der Waals surface area contributed by atoms with Gasteiger partial charge in [0, 0.05) is 41.1 Å². The van der Waals surface area contributed by atoms with E-state index in [1.807, 2.05) is 51.4 Å². The van der Waals surface area contributed by atoms with E-state index in [4.69, 9.17) is 11.2 Å². The van der Waals surface area contributed by atoms with Crippen molar-refractivity contribution in [2.45, 2.75) is 35.1 Å². The maximum absolute atomic E-state index is 15.4. The lowest BCUT2D eigenvalue weighted by molar-refractivity contribution is 0.410. The van der Waals surface area contributed by atoms with Crippen molar-refractivity contribution in [2.75, 3.05) is 0 Å². The number of benzene rings is 1. The molecule has 0 atom stereocenters. The summed E-state index contributed by atoms with van der Waals surface area (Å²) in [6.07, 6.45) is 8.70. The van der Waals surface area contributed by atoms with Gasteiger partial charge in [-0.3, -0.25) is 0 Å². The van der Waals surface area contributed by atoms with Crippen LogP contribution in [-0.4, -0.2) is 29.5 Å². The zero-order chi connectivity index (χ0) is 25.6. The Kier molecular flexibility index (Phi) is 6.73. The van der Waals surface area contributed by atoms with Crippen LogP contribution in [0.25, 0.3) is 33.4 Å². The Morgan fingerprint density at radius 2 is 1.73 bits per heavy atom. The van der Waals surface area contributed by atoms with Gasteiger partial charge in [0.25, 0.3) is 0 Å². The van der Waals surface area contributed by atoms with Crippen molar-refractivity contribution in [3.63, 3.8) is 0 Å². The van der Waals surface area contributed by atoms with Gasteiger partial charge in [-0.25, -0.2) is 29.3 Å². The van der Waals surface area contributed by atoms with Gasteiger partial charge in [-0.15, -0.1) is 6.42 Å². The third kappa shape index (κ3) is 4.40. The molecule has 0 unspecified atom stereocenters. The van der Waals surface area contributed by atoms with Gasteiger partial charge >= 0.3 is 6.01 Å². The highest BCUT2D eigenvalue weighted by Crippen LogP contribution is 2.43. The van der Waals surface area contributed by atoms with Crippen molar-refractivity contribution < 1.29 is 9.13 Å². The number of pyridine rings is 1. The molecule has 0 fully saturated rings. The first-order valence-corrected chi connectivity index (χ1v) is 11.3. The number of aryl methyl sites for hydroxylation is 5. The van der Waals surface area contributed by atoms with Crippen molar-refractivity contribution in [2.24, 2.45) is 7.05 Å². The quantitative estimate of drug-likeness (QED) is 0.274. The second-order valence-corrected chi connectivity index (χ2v) is 8.60. The molecule has 7 nitrogen and oxygen atoms in total. The van der Waals surface area contributed by atoms with Crippen LogP contribution in [0.3, 0.4) is 0 Å². The number of rotatable bonds is 4. The first kappa shape index (κ1) is 25.5. The lowest BCUT2D eigenvalue weighted by atomic mass is 9.94. The summed E-state index contributed by atoms with van der Waals surface area (Å²) in [5.74, 6) is 2.10. The number of terminal acetylenes is 1. The topological polar surface area (TPSA) is 78.6 Å². The highest BCUT2D eigenvalue weighted by molar-refractivity contribution is 6.05. The molecule has 5 rings (SSSR count). The van der Waals surface area contributed by atoms with Gasteiger partial charge in [-0.1, -0.05) is 19.4 Å². The number of nitrogens with zero attached hydrogens (tertiary/aromatic N) is 6. The van der Waals surface area contributed by atoms with E-state index >= 15 is 4.39 Å². The monoisotopic (exact) mass is 494 g/mol. The molecule has 8 heteroatoms. The second kappa shape index (κ2) is 9.78. The van der Waals surface area contributed by atoms with E-state index in [2.05, 4.69) is 30.8 Å². The summed E-state index contributed by atoms with van der Waals surface area (Å²) in [6.45, 7) is 7.64. The number of hydrogen-bond acceptors (Lipinski definition) is 6. The zero-order valence-corrected chi connectivity index (χ0v) is 20.6. The molecule has 4 heterocycles. The fraction of sp³-hybridized carbons (Fsp3) is 0.207. The molecule has 0 saturated carbocycles. The van der Waals surface area contributed by atoms with Crippen LogP contribution in [0.4, 0.5) is 4.39 Å². The molecule has 0 bridgehead atoms. The van der Waals surface area contributed by atoms with Crippen molar-refractivity contribution in [1.82, 2.24) is 29.5 Å². The normalized spacial score (nSPS) is 10.7. The molecule has 0 aliphatic heterocycles. The van der Waals surface area contributed by atoms with Gasteiger partial charge in [0.1, 0.15) is 17.7 Å². The summed E-state index contributed by atoms with van der Waals surface area (Å²) in [7, 11) is 1.94. The first-order chi connectivity index (χ1) is 17.3. The van der Waals surface area contributed by atoms with Crippen LogP contribution >= 0.6 is 0 Å². The highest BCUT2D eigenvalue weighted by atomic mass is 19.1. The lowest BCUT2D eigenvalue weighted by Gasteiger charge is -2.15. The highest BCUT2D eigenvalue weighted by Gasteiger charge is 2.25. The Hall–Kier alpha value is -4.64. The Labute approximate surface area is 215 Å². The first-order valence-electron chi connectivity index (χ1n) is 11.3. The fourth-order valence-corrected chi connectivity index (χ4v) is 4.55. The van der Waals surface area contributed by atoms with Crippen molar-refractivity contribution >= 4 is 11.0 Å². The lowest BCUT2D eigenvalue weighted by Crippen LogP contribution is -2.01. The molecule has 186 valence electrons. The predicted octanol–water partition coefficient (Wildman–Crippen LogP) is 6.27. The summed E-state index contributed by atoms with van der Waals surface area (Å²) in [5.41, 5.74) is 7.79. The van der Waals surface area contributed by atoms with Gasteiger partial charge in [-0.2, -0.15) is 0 Å². The molecule has 5 aromatic rings. The van der Waals surface area contributed by atoms with Gasteiger partial charge in [0.2, 0.25) is 0 Å². The SMILES string of the molecule is C.C#Cc1cc(C)c(-c2c(-c3ccc(Oc4nccc(C)n4)c(F)c3)c3c(C)ncnc3n2C)c(C)n1. The molecule has 0 saturated heterocycles. The number of hydrogen-bond donors (Lipinski definition) is 0. The van der Waals surface area contributed by atoms with Crippen molar-refractivity contribution in [1.29, 1.82) is 0 Å². The minimum atomic E-state index is -0.538. The molecule has 0 spiro atoms. The minimum absolute atomic E-state index is 0. The molecule has 1 aromatic carbocycles. The maximum Gasteiger partial charge on any atom is 0.322 e. The summed E-state index contributed by atoms with van der Waals surface area (Å²) < 4.78 is 23.0. The molecular weight excluding hydrogens is 467 g/mol.